The Bertz CT molecular complexity index is 230. The first-order chi connectivity index (χ1) is 7.20. The molecule has 0 aromatic rings. The van der Waals surface area contributed by atoms with Crippen LogP contribution in [0.2, 0.25) is 0 Å². The van der Waals surface area contributed by atoms with E-state index < -0.39 is 0 Å². The summed E-state index contributed by atoms with van der Waals surface area (Å²) in [7, 11) is 0. The summed E-state index contributed by atoms with van der Waals surface area (Å²) in [5.74, 6) is 2.36. The second-order valence-corrected chi connectivity index (χ2v) is 3.45. The molecule has 3 heteroatoms. The van der Waals surface area contributed by atoms with Crippen LogP contribution in [0.4, 0.5) is 0 Å². The van der Waals surface area contributed by atoms with E-state index in [0.29, 0.717) is 25.6 Å². The van der Waals surface area contributed by atoms with Crippen molar-refractivity contribution in [1.29, 1.82) is 0 Å². The van der Waals surface area contributed by atoms with E-state index in [9.17, 15) is 4.79 Å². The van der Waals surface area contributed by atoms with Gasteiger partial charge in [-0.05, 0) is 19.8 Å². The van der Waals surface area contributed by atoms with E-state index in [1.807, 2.05) is 6.08 Å². The molecule has 2 N–H and O–H groups in total. The number of carbonyl (C=O) groups is 1. The summed E-state index contributed by atoms with van der Waals surface area (Å²) in [5, 5.41) is 5.88. The maximum Gasteiger partial charge on any atom is 0.222 e. The molecular weight excluding hydrogens is 188 g/mol. The molecule has 0 spiro atoms. The molecule has 0 aliphatic carbocycles. The highest BCUT2D eigenvalue weighted by Crippen LogP contribution is 1.96. The first-order valence-corrected chi connectivity index (χ1v) is 5.25. The van der Waals surface area contributed by atoms with Crippen molar-refractivity contribution >= 4 is 5.91 Å². The van der Waals surface area contributed by atoms with E-state index >= 15 is 0 Å². The van der Waals surface area contributed by atoms with Crippen LogP contribution in [-0.2, 0) is 4.79 Å². The minimum atomic E-state index is -0.00336. The van der Waals surface area contributed by atoms with Crippen molar-refractivity contribution in [2.75, 3.05) is 13.1 Å². The van der Waals surface area contributed by atoms with Crippen LogP contribution in [0.5, 0.6) is 0 Å². The lowest BCUT2D eigenvalue weighted by atomic mass is 10.2. The van der Waals surface area contributed by atoms with Crippen LogP contribution in [0.3, 0.4) is 0 Å². The van der Waals surface area contributed by atoms with Crippen molar-refractivity contribution in [3.63, 3.8) is 0 Å². The number of nitrogens with one attached hydrogen (secondary N) is 2. The number of allylic oxidation sites excluding steroid dienone is 1. The highest BCUT2D eigenvalue weighted by Gasteiger charge is 2.02. The van der Waals surface area contributed by atoms with Crippen LogP contribution in [0, 0.1) is 12.3 Å². The van der Waals surface area contributed by atoms with Gasteiger partial charge in [0.25, 0.3) is 0 Å². The molecule has 0 bridgehead atoms. The summed E-state index contributed by atoms with van der Waals surface area (Å²) >= 11 is 0. The Morgan fingerprint density at radius 1 is 1.67 bits per heavy atom. The molecule has 0 heterocycles. The van der Waals surface area contributed by atoms with Gasteiger partial charge >= 0.3 is 0 Å². The highest BCUT2D eigenvalue weighted by atomic mass is 16.1. The normalized spacial score (nSPS) is 11.5. The van der Waals surface area contributed by atoms with Crippen molar-refractivity contribution < 1.29 is 4.79 Å². The molecule has 0 saturated carbocycles. The average molecular weight is 208 g/mol. The highest BCUT2D eigenvalue weighted by molar-refractivity contribution is 5.76. The van der Waals surface area contributed by atoms with Gasteiger partial charge in [0.15, 0.2) is 0 Å². The smallest absolute Gasteiger partial charge is 0.222 e. The summed E-state index contributed by atoms with van der Waals surface area (Å²) in [6.07, 6.45) is 9.44. The molecule has 84 valence electrons. The number of hydrogen-bond donors (Lipinski definition) is 2. The van der Waals surface area contributed by atoms with Gasteiger partial charge < -0.3 is 10.6 Å². The van der Waals surface area contributed by atoms with Gasteiger partial charge in [-0.2, -0.15) is 0 Å². The zero-order valence-electron chi connectivity index (χ0n) is 9.38. The molecule has 0 saturated heterocycles. The summed E-state index contributed by atoms with van der Waals surface area (Å²) in [6.45, 7) is 6.76. The minimum absolute atomic E-state index is 0.00336. The van der Waals surface area contributed by atoms with Gasteiger partial charge in [-0.15, -0.1) is 13.0 Å². The number of terminal acetylenes is 1. The third-order valence-corrected chi connectivity index (χ3v) is 2.04. The molecule has 0 aliphatic rings. The minimum Gasteiger partial charge on any atom is -0.345 e. The van der Waals surface area contributed by atoms with Crippen LogP contribution in [0.25, 0.3) is 0 Å². The van der Waals surface area contributed by atoms with E-state index in [1.54, 1.807) is 0 Å². The summed E-state index contributed by atoms with van der Waals surface area (Å²) in [5.41, 5.74) is 0. The fraction of sp³-hybridized carbons (Fsp3) is 0.583. The van der Waals surface area contributed by atoms with Gasteiger partial charge in [0.05, 0.1) is 6.54 Å². The number of hydrogen-bond acceptors (Lipinski definition) is 2. The second-order valence-electron chi connectivity index (χ2n) is 3.45. The Balaban J connectivity index is 3.40. The van der Waals surface area contributed by atoms with E-state index in [-0.39, 0.29) is 5.91 Å². The molecule has 0 fully saturated rings. The second kappa shape index (κ2) is 9.29. The Morgan fingerprint density at radius 3 is 3.00 bits per heavy atom. The maximum absolute atomic E-state index is 11.1. The molecule has 0 aliphatic heterocycles. The van der Waals surface area contributed by atoms with E-state index in [4.69, 9.17) is 6.42 Å². The Labute approximate surface area is 92.3 Å². The number of amides is 1. The lowest BCUT2D eigenvalue weighted by molar-refractivity contribution is -0.120. The van der Waals surface area contributed by atoms with Crippen molar-refractivity contribution in [1.82, 2.24) is 10.6 Å². The zero-order chi connectivity index (χ0) is 11.5. The van der Waals surface area contributed by atoms with Gasteiger partial charge in [-0.1, -0.05) is 12.0 Å². The summed E-state index contributed by atoms with van der Waals surface area (Å²) in [6, 6.07) is 0.420. The third-order valence-electron chi connectivity index (χ3n) is 2.04. The average Bonchev–Trinajstić information content (AvgIpc) is 2.23. The zero-order valence-corrected chi connectivity index (χ0v) is 9.38. The van der Waals surface area contributed by atoms with Gasteiger partial charge in [0.2, 0.25) is 5.91 Å². The molecule has 3 nitrogen and oxygen atoms in total. The number of carbonyl (C=O) groups excluding carboxylic acids is 1. The van der Waals surface area contributed by atoms with E-state index in [0.717, 1.165) is 12.8 Å². The molecule has 1 unspecified atom stereocenters. The van der Waals surface area contributed by atoms with Crippen molar-refractivity contribution in [3.8, 4) is 12.3 Å². The quantitative estimate of drug-likeness (QED) is 0.463. The predicted molar refractivity (Wildman–Crippen MR) is 63.4 cm³/mol. The SMILES string of the molecule is C#CCNC(=O)CCNC(C)CCC=C. The molecule has 0 aromatic carbocycles. The Morgan fingerprint density at radius 2 is 2.40 bits per heavy atom. The van der Waals surface area contributed by atoms with Crippen molar-refractivity contribution in [2.45, 2.75) is 32.2 Å². The molecular formula is C12H20N2O. The van der Waals surface area contributed by atoms with E-state index in [1.165, 1.54) is 0 Å². The molecule has 1 atom stereocenters. The lowest BCUT2D eigenvalue weighted by Crippen LogP contribution is -2.32. The van der Waals surface area contributed by atoms with Crippen LogP contribution < -0.4 is 10.6 Å². The third kappa shape index (κ3) is 9.04. The van der Waals surface area contributed by atoms with Crippen LogP contribution in [0.15, 0.2) is 12.7 Å². The Hall–Kier alpha value is -1.27. The summed E-state index contributed by atoms with van der Waals surface area (Å²) < 4.78 is 0. The first-order valence-electron chi connectivity index (χ1n) is 5.25. The monoisotopic (exact) mass is 208 g/mol. The molecule has 0 aromatic heterocycles. The molecule has 15 heavy (non-hydrogen) atoms. The fourth-order valence-electron chi connectivity index (χ4n) is 1.14. The van der Waals surface area contributed by atoms with E-state index in [2.05, 4.69) is 30.1 Å². The molecule has 0 rings (SSSR count). The topological polar surface area (TPSA) is 41.1 Å². The lowest BCUT2D eigenvalue weighted by Gasteiger charge is -2.11. The molecule has 1 amide bonds. The standard InChI is InChI=1S/C12H20N2O/c1-4-6-7-11(3)13-10-8-12(15)14-9-5-2/h2,4,11,13H,1,6-10H2,3H3,(H,14,15). The predicted octanol–water partition coefficient (Wildman–Crippen LogP) is 1.07. The molecule has 0 radical (unpaired) electrons. The van der Waals surface area contributed by atoms with Crippen LogP contribution in [-0.4, -0.2) is 25.0 Å². The van der Waals surface area contributed by atoms with Gasteiger partial charge in [0.1, 0.15) is 0 Å². The van der Waals surface area contributed by atoms with Gasteiger partial charge in [-0.3, -0.25) is 4.79 Å². The largest absolute Gasteiger partial charge is 0.345 e. The van der Waals surface area contributed by atoms with Gasteiger partial charge in [-0.25, -0.2) is 0 Å². The first kappa shape index (κ1) is 13.7. The van der Waals surface area contributed by atoms with Crippen LogP contribution in [0.1, 0.15) is 26.2 Å². The van der Waals surface area contributed by atoms with Crippen molar-refractivity contribution in [2.24, 2.45) is 0 Å². The number of rotatable bonds is 8. The Kier molecular flexibility index (Phi) is 8.50. The van der Waals surface area contributed by atoms with Crippen LogP contribution >= 0.6 is 0 Å². The van der Waals surface area contributed by atoms with Crippen molar-refractivity contribution in [3.05, 3.63) is 12.7 Å². The summed E-state index contributed by atoms with van der Waals surface area (Å²) in [4.78, 5) is 11.1. The van der Waals surface area contributed by atoms with Gasteiger partial charge in [0, 0.05) is 19.0 Å². The maximum atomic E-state index is 11.1. The fourth-order valence-corrected chi connectivity index (χ4v) is 1.14.